The number of hydrogen-bond acceptors (Lipinski definition) is 3. The zero-order chi connectivity index (χ0) is 14.3. The van der Waals surface area contributed by atoms with Crippen molar-refractivity contribution in [2.24, 2.45) is 0 Å². The van der Waals surface area contributed by atoms with Gasteiger partial charge in [0.15, 0.2) is 6.10 Å². The molecule has 19 heavy (non-hydrogen) atoms. The summed E-state index contributed by atoms with van der Waals surface area (Å²) in [6.07, 6.45) is 2.72. The van der Waals surface area contributed by atoms with Crippen LogP contribution in [0.2, 0.25) is 0 Å². The van der Waals surface area contributed by atoms with E-state index in [0.29, 0.717) is 12.1 Å². The summed E-state index contributed by atoms with van der Waals surface area (Å²) in [5, 5.41) is 2.52. The molecule has 0 unspecified atom stereocenters. The number of ether oxygens (including phenoxy) is 1. The van der Waals surface area contributed by atoms with Gasteiger partial charge in [-0.05, 0) is 37.6 Å². The molecule has 0 aliphatic heterocycles. The molecule has 1 rings (SSSR count). The lowest BCUT2D eigenvalue weighted by Gasteiger charge is -2.12. The first kappa shape index (κ1) is 14.9. The lowest BCUT2D eigenvalue weighted by atomic mass is 10.3. The van der Waals surface area contributed by atoms with E-state index >= 15 is 0 Å². The average Bonchev–Trinajstić information content (AvgIpc) is 2.39. The highest BCUT2D eigenvalue weighted by Gasteiger charge is 2.16. The number of halogens is 1. The maximum absolute atomic E-state index is 12.7. The van der Waals surface area contributed by atoms with E-state index in [2.05, 4.69) is 5.32 Å². The summed E-state index contributed by atoms with van der Waals surface area (Å²) in [5.74, 6) is -1.42. The molecule has 0 fully saturated rings. The van der Waals surface area contributed by atoms with E-state index in [1.807, 2.05) is 6.92 Å². The Morgan fingerprint density at radius 1 is 1.37 bits per heavy atom. The number of carbonyl (C=O) groups excluding carboxylic acids is 2. The molecule has 4 nitrogen and oxygen atoms in total. The lowest BCUT2D eigenvalue weighted by Crippen LogP contribution is -2.29. The molecule has 0 radical (unpaired) electrons. The zero-order valence-electron chi connectivity index (χ0n) is 10.9. The molecule has 0 heterocycles. The van der Waals surface area contributed by atoms with Gasteiger partial charge in [0.05, 0.1) is 0 Å². The number of esters is 1. The molecule has 0 saturated heterocycles. The molecular formula is C14H16FNO3. The summed E-state index contributed by atoms with van der Waals surface area (Å²) in [6, 6.07) is 5.32. The second kappa shape index (κ2) is 7.31. The van der Waals surface area contributed by atoms with Crippen molar-refractivity contribution in [3.8, 4) is 0 Å². The third-order valence-corrected chi connectivity index (χ3v) is 2.26. The first-order chi connectivity index (χ1) is 9.02. The highest BCUT2D eigenvalue weighted by Crippen LogP contribution is 2.09. The molecule has 1 aromatic rings. The van der Waals surface area contributed by atoms with Crippen LogP contribution >= 0.6 is 0 Å². The van der Waals surface area contributed by atoms with E-state index in [1.165, 1.54) is 37.3 Å². The maximum Gasteiger partial charge on any atom is 0.331 e. The van der Waals surface area contributed by atoms with Crippen molar-refractivity contribution >= 4 is 17.6 Å². The van der Waals surface area contributed by atoms with Gasteiger partial charge >= 0.3 is 5.97 Å². The minimum absolute atomic E-state index is 0.387. The van der Waals surface area contributed by atoms with Gasteiger partial charge in [0.25, 0.3) is 5.91 Å². The van der Waals surface area contributed by atoms with Crippen LogP contribution in [0.1, 0.15) is 20.3 Å². The number of anilines is 1. The van der Waals surface area contributed by atoms with Crippen LogP contribution in [-0.2, 0) is 14.3 Å². The van der Waals surface area contributed by atoms with Crippen LogP contribution in [0.5, 0.6) is 0 Å². The summed E-state index contributed by atoms with van der Waals surface area (Å²) in [6.45, 7) is 3.35. The minimum Gasteiger partial charge on any atom is -0.449 e. The Morgan fingerprint density at radius 2 is 2.00 bits per heavy atom. The van der Waals surface area contributed by atoms with Crippen LogP contribution < -0.4 is 5.32 Å². The number of allylic oxidation sites excluding steroid dienone is 1. The van der Waals surface area contributed by atoms with Crippen LogP contribution in [0.3, 0.4) is 0 Å². The predicted octanol–water partition coefficient (Wildman–Crippen LogP) is 2.66. The second-order valence-electron chi connectivity index (χ2n) is 3.89. The number of hydrogen-bond donors (Lipinski definition) is 1. The van der Waals surface area contributed by atoms with Crippen molar-refractivity contribution in [2.75, 3.05) is 5.32 Å². The van der Waals surface area contributed by atoms with Crippen molar-refractivity contribution in [3.05, 3.63) is 42.2 Å². The fraction of sp³-hybridized carbons (Fsp3) is 0.286. The quantitative estimate of drug-likeness (QED) is 0.657. The molecule has 1 amide bonds. The van der Waals surface area contributed by atoms with Crippen molar-refractivity contribution in [1.29, 1.82) is 0 Å². The molecule has 1 N–H and O–H groups in total. The third-order valence-electron chi connectivity index (χ3n) is 2.26. The van der Waals surface area contributed by atoms with Crippen LogP contribution in [0.4, 0.5) is 10.1 Å². The van der Waals surface area contributed by atoms with Crippen molar-refractivity contribution in [1.82, 2.24) is 0 Å². The van der Waals surface area contributed by atoms with Gasteiger partial charge in [-0.15, -0.1) is 0 Å². The largest absolute Gasteiger partial charge is 0.449 e. The molecule has 102 valence electrons. The van der Waals surface area contributed by atoms with Crippen LogP contribution in [0.25, 0.3) is 0 Å². The Bertz CT molecular complexity index is 468. The average molecular weight is 265 g/mol. The molecule has 0 aromatic heterocycles. The Labute approximate surface area is 111 Å². The van der Waals surface area contributed by atoms with E-state index < -0.39 is 18.0 Å². The fourth-order valence-electron chi connectivity index (χ4n) is 1.26. The normalized spacial score (nSPS) is 12.2. The summed E-state index contributed by atoms with van der Waals surface area (Å²) >= 11 is 0. The predicted molar refractivity (Wildman–Crippen MR) is 70.0 cm³/mol. The molecule has 0 aliphatic carbocycles. The Morgan fingerprint density at radius 3 is 2.58 bits per heavy atom. The second-order valence-corrected chi connectivity index (χ2v) is 3.89. The first-order valence-electron chi connectivity index (χ1n) is 5.96. The van der Waals surface area contributed by atoms with E-state index in [1.54, 1.807) is 6.08 Å². The molecule has 0 saturated carbocycles. The molecule has 1 atom stereocenters. The van der Waals surface area contributed by atoms with Crippen LogP contribution in [-0.4, -0.2) is 18.0 Å². The van der Waals surface area contributed by atoms with Crippen molar-refractivity contribution in [3.63, 3.8) is 0 Å². The van der Waals surface area contributed by atoms with Gasteiger partial charge in [-0.1, -0.05) is 13.0 Å². The molecule has 0 bridgehead atoms. The zero-order valence-corrected chi connectivity index (χ0v) is 10.9. The van der Waals surface area contributed by atoms with E-state index in [-0.39, 0.29) is 5.82 Å². The lowest BCUT2D eigenvalue weighted by molar-refractivity contribution is -0.148. The number of benzene rings is 1. The summed E-state index contributed by atoms with van der Waals surface area (Å²) in [4.78, 5) is 23.0. The summed E-state index contributed by atoms with van der Waals surface area (Å²) in [5.41, 5.74) is 0.443. The minimum atomic E-state index is -0.918. The van der Waals surface area contributed by atoms with Crippen LogP contribution in [0, 0.1) is 5.82 Å². The van der Waals surface area contributed by atoms with E-state index in [9.17, 15) is 14.0 Å². The molecular weight excluding hydrogens is 249 g/mol. The number of carbonyl (C=O) groups is 2. The van der Waals surface area contributed by atoms with Crippen molar-refractivity contribution in [2.45, 2.75) is 26.4 Å². The monoisotopic (exact) mass is 265 g/mol. The van der Waals surface area contributed by atoms with Gasteiger partial charge in [-0.3, -0.25) is 4.79 Å². The highest BCUT2D eigenvalue weighted by molar-refractivity contribution is 5.95. The van der Waals surface area contributed by atoms with Crippen LogP contribution in [0.15, 0.2) is 36.4 Å². The number of nitrogens with one attached hydrogen (secondary N) is 1. The number of amides is 1. The van der Waals surface area contributed by atoms with Gasteiger partial charge in [0, 0.05) is 11.8 Å². The Hall–Kier alpha value is -2.17. The smallest absolute Gasteiger partial charge is 0.331 e. The topological polar surface area (TPSA) is 55.4 Å². The summed E-state index contributed by atoms with van der Waals surface area (Å²) < 4.78 is 17.6. The first-order valence-corrected chi connectivity index (χ1v) is 5.96. The molecule has 1 aromatic carbocycles. The van der Waals surface area contributed by atoms with Gasteiger partial charge in [-0.25, -0.2) is 9.18 Å². The van der Waals surface area contributed by atoms with Gasteiger partial charge in [0.2, 0.25) is 0 Å². The van der Waals surface area contributed by atoms with Crippen molar-refractivity contribution < 1.29 is 18.7 Å². The van der Waals surface area contributed by atoms with Gasteiger partial charge in [-0.2, -0.15) is 0 Å². The standard InChI is InChI=1S/C14H16FNO3/c1-3-4-5-13(17)19-10(2)14(18)16-12-8-6-11(15)7-9-12/h4-10H,3H2,1-2H3,(H,16,18)/b5-4+/t10-/m0/s1. The Balaban J connectivity index is 2.51. The molecule has 5 heteroatoms. The SMILES string of the molecule is CC/C=C/C(=O)O[C@@H](C)C(=O)Nc1ccc(F)cc1. The number of rotatable bonds is 5. The third kappa shape index (κ3) is 5.33. The maximum atomic E-state index is 12.7. The fourth-order valence-corrected chi connectivity index (χ4v) is 1.26. The van der Waals surface area contributed by atoms with Gasteiger partial charge in [0.1, 0.15) is 5.82 Å². The summed E-state index contributed by atoms with van der Waals surface area (Å²) in [7, 11) is 0. The Kier molecular flexibility index (Phi) is 5.73. The van der Waals surface area contributed by atoms with Gasteiger partial charge < -0.3 is 10.1 Å². The van der Waals surface area contributed by atoms with E-state index in [0.717, 1.165) is 0 Å². The molecule has 0 aliphatic rings. The molecule has 0 spiro atoms. The highest BCUT2D eigenvalue weighted by atomic mass is 19.1. The van der Waals surface area contributed by atoms with E-state index in [4.69, 9.17) is 4.74 Å².